The Morgan fingerprint density at radius 1 is 1.90 bits per heavy atom. The molecule has 0 aromatic carbocycles. The van der Waals surface area contributed by atoms with E-state index in [1.807, 2.05) is 6.92 Å². The lowest BCUT2D eigenvalue weighted by Gasteiger charge is -2.13. The molecular formula is C6H10N2O2. The monoisotopic (exact) mass is 142 g/mol. The fourth-order valence-electron chi connectivity index (χ4n) is 0.951. The van der Waals surface area contributed by atoms with Gasteiger partial charge in [0.2, 0.25) is 0 Å². The minimum atomic E-state index is -0.795. The number of carbonyl (C=O) groups is 1. The van der Waals surface area contributed by atoms with E-state index in [0.717, 1.165) is 18.9 Å². The molecule has 1 heterocycles. The molecule has 56 valence electrons. The number of amidine groups is 1. The molecule has 0 atom stereocenters. The second-order valence-electron chi connectivity index (χ2n) is 2.24. The Balaban J connectivity index is 2.43. The Morgan fingerprint density at radius 2 is 2.60 bits per heavy atom. The van der Waals surface area contributed by atoms with E-state index in [2.05, 4.69) is 4.99 Å². The van der Waals surface area contributed by atoms with Crippen LogP contribution in [0.15, 0.2) is 4.99 Å². The third-order valence-corrected chi connectivity index (χ3v) is 1.49. The molecule has 0 amide bonds. The van der Waals surface area contributed by atoms with Gasteiger partial charge in [-0.2, -0.15) is 0 Å². The fourth-order valence-corrected chi connectivity index (χ4v) is 0.951. The molecule has 4 nitrogen and oxygen atoms in total. The van der Waals surface area contributed by atoms with E-state index in [1.165, 1.54) is 0 Å². The Labute approximate surface area is 59.2 Å². The molecule has 0 spiro atoms. The van der Waals surface area contributed by atoms with Gasteiger partial charge in [0.15, 0.2) is 0 Å². The van der Waals surface area contributed by atoms with Crippen LogP contribution in [0.5, 0.6) is 0 Å². The number of aliphatic carboxylic acids is 1. The molecule has 1 N–H and O–H groups in total. The number of carboxylic acids is 1. The van der Waals surface area contributed by atoms with Crippen molar-refractivity contribution in [2.75, 3.05) is 19.6 Å². The van der Waals surface area contributed by atoms with Gasteiger partial charge in [0.05, 0.1) is 12.4 Å². The van der Waals surface area contributed by atoms with Crippen LogP contribution in [0.2, 0.25) is 0 Å². The Kier molecular flexibility index (Phi) is 1.89. The molecule has 10 heavy (non-hydrogen) atoms. The predicted molar refractivity (Wildman–Crippen MR) is 37.2 cm³/mol. The average molecular weight is 142 g/mol. The third-order valence-electron chi connectivity index (χ3n) is 1.49. The molecule has 1 rings (SSSR count). The second kappa shape index (κ2) is 2.68. The molecule has 4 heteroatoms. The van der Waals surface area contributed by atoms with Crippen LogP contribution in [0.4, 0.5) is 0 Å². The van der Waals surface area contributed by atoms with Gasteiger partial charge in [0, 0.05) is 6.54 Å². The first kappa shape index (κ1) is 7.05. The summed E-state index contributed by atoms with van der Waals surface area (Å²) in [5.41, 5.74) is 0. The minimum Gasteiger partial charge on any atom is -0.480 e. The highest BCUT2D eigenvalue weighted by molar-refractivity contribution is 5.84. The summed E-state index contributed by atoms with van der Waals surface area (Å²) in [6.07, 6.45) is 0. The molecule has 1 aliphatic heterocycles. The van der Waals surface area contributed by atoms with Crippen LogP contribution in [0, 0.1) is 0 Å². The summed E-state index contributed by atoms with van der Waals surface area (Å²) in [7, 11) is 0. The SMILES string of the molecule is CC1=NCCN1CC(=O)O. The summed E-state index contributed by atoms with van der Waals surface area (Å²) in [5, 5.41) is 8.40. The van der Waals surface area contributed by atoms with Crippen molar-refractivity contribution in [3.63, 3.8) is 0 Å². The minimum absolute atomic E-state index is 0.0787. The highest BCUT2D eigenvalue weighted by Crippen LogP contribution is 1.99. The highest BCUT2D eigenvalue weighted by Gasteiger charge is 2.14. The largest absolute Gasteiger partial charge is 0.480 e. The van der Waals surface area contributed by atoms with Crippen molar-refractivity contribution < 1.29 is 9.90 Å². The van der Waals surface area contributed by atoms with Crippen LogP contribution < -0.4 is 0 Å². The summed E-state index contributed by atoms with van der Waals surface area (Å²) >= 11 is 0. The normalized spacial score (nSPS) is 17.3. The number of rotatable bonds is 2. The maximum absolute atomic E-state index is 10.2. The van der Waals surface area contributed by atoms with Crippen molar-refractivity contribution in [2.24, 2.45) is 4.99 Å². The van der Waals surface area contributed by atoms with Crippen molar-refractivity contribution in [1.82, 2.24) is 4.90 Å². The maximum atomic E-state index is 10.2. The van der Waals surface area contributed by atoms with E-state index in [1.54, 1.807) is 4.90 Å². The smallest absolute Gasteiger partial charge is 0.323 e. The zero-order chi connectivity index (χ0) is 7.56. The lowest BCUT2D eigenvalue weighted by Crippen LogP contribution is -2.31. The van der Waals surface area contributed by atoms with E-state index in [9.17, 15) is 4.79 Å². The Hall–Kier alpha value is -1.06. The van der Waals surface area contributed by atoms with Gasteiger partial charge in [0.25, 0.3) is 0 Å². The van der Waals surface area contributed by atoms with Gasteiger partial charge in [-0.15, -0.1) is 0 Å². The predicted octanol–water partition coefficient (Wildman–Crippen LogP) is -0.195. The van der Waals surface area contributed by atoms with Crippen molar-refractivity contribution in [3.8, 4) is 0 Å². The lowest BCUT2D eigenvalue weighted by molar-refractivity contribution is -0.137. The van der Waals surface area contributed by atoms with Crippen molar-refractivity contribution in [3.05, 3.63) is 0 Å². The summed E-state index contributed by atoms with van der Waals surface area (Å²) in [6.45, 7) is 3.39. The summed E-state index contributed by atoms with van der Waals surface area (Å²) in [6, 6.07) is 0. The third kappa shape index (κ3) is 1.46. The summed E-state index contributed by atoms with van der Waals surface area (Å²) in [4.78, 5) is 16.0. The molecule has 0 radical (unpaired) electrons. The van der Waals surface area contributed by atoms with Crippen LogP contribution in [-0.2, 0) is 4.79 Å². The van der Waals surface area contributed by atoms with Gasteiger partial charge in [-0.25, -0.2) is 0 Å². The molecule has 1 aliphatic rings. The first-order valence-electron chi connectivity index (χ1n) is 3.18. The topological polar surface area (TPSA) is 52.9 Å². The van der Waals surface area contributed by atoms with Crippen molar-refractivity contribution in [1.29, 1.82) is 0 Å². The van der Waals surface area contributed by atoms with Crippen molar-refractivity contribution in [2.45, 2.75) is 6.92 Å². The molecule has 0 saturated heterocycles. The van der Waals surface area contributed by atoms with E-state index >= 15 is 0 Å². The van der Waals surface area contributed by atoms with Crippen LogP contribution in [-0.4, -0.2) is 41.4 Å². The molecule has 0 aromatic heterocycles. The molecule has 0 bridgehead atoms. The number of carboxylic acid groups (broad SMARTS) is 1. The van der Waals surface area contributed by atoms with E-state index in [0.29, 0.717) is 0 Å². The Bertz CT molecular complexity index is 177. The average Bonchev–Trinajstić information content (AvgIpc) is 2.15. The van der Waals surface area contributed by atoms with Gasteiger partial charge in [-0.3, -0.25) is 9.79 Å². The highest BCUT2D eigenvalue weighted by atomic mass is 16.4. The van der Waals surface area contributed by atoms with Gasteiger partial charge < -0.3 is 10.0 Å². The summed E-state index contributed by atoms with van der Waals surface area (Å²) in [5.74, 6) is 0.0406. The van der Waals surface area contributed by atoms with Gasteiger partial charge in [-0.05, 0) is 6.92 Å². The first-order valence-corrected chi connectivity index (χ1v) is 3.18. The zero-order valence-corrected chi connectivity index (χ0v) is 5.87. The summed E-state index contributed by atoms with van der Waals surface area (Å²) < 4.78 is 0. The number of hydrogen-bond donors (Lipinski definition) is 1. The second-order valence-corrected chi connectivity index (χ2v) is 2.24. The van der Waals surface area contributed by atoms with Crippen LogP contribution in [0.3, 0.4) is 0 Å². The standard InChI is InChI=1S/C6H10N2O2/c1-5-7-2-3-8(5)4-6(9)10/h2-4H2,1H3,(H,9,10). The van der Waals surface area contributed by atoms with Crippen molar-refractivity contribution >= 4 is 11.8 Å². The molecule has 0 saturated carbocycles. The number of hydrogen-bond acceptors (Lipinski definition) is 3. The van der Waals surface area contributed by atoms with E-state index in [-0.39, 0.29) is 6.54 Å². The van der Waals surface area contributed by atoms with Gasteiger partial charge >= 0.3 is 5.97 Å². The molecule has 0 unspecified atom stereocenters. The molecule has 0 aliphatic carbocycles. The maximum Gasteiger partial charge on any atom is 0.323 e. The van der Waals surface area contributed by atoms with Gasteiger partial charge in [-0.1, -0.05) is 0 Å². The number of nitrogens with zero attached hydrogens (tertiary/aromatic N) is 2. The van der Waals surface area contributed by atoms with Crippen LogP contribution in [0.1, 0.15) is 6.92 Å². The molecule has 0 fully saturated rings. The van der Waals surface area contributed by atoms with E-state index < -0.39 is 5.97 Å². The van der Waals surface area contributed by atoms with Crippen LogP contribution >= 0.6 is 0 Å². The number of aliphatic imine (C=N–C) groups is 1. The van der Waals surface area contributed by atoms with E-state index in [4.69, 9.17) is 5.11 Å². The first-order chi connectivity index (χ1) is 4.70. The quantitative estimate of drug-likeness (QED) is 0.581. The van der Waals surface area contributed by atoms with Crippen LogP contribution in [0.25, 0.3) is 0 Å². The van der Waals surface area contributed by atoms with Gasteiger partial charge in [0.1, 0.15) is 6.54 Å². The Morgan fingerprint density at radius 3 is 3.00 bits per heavy atom. The zero-order valence-electron chi connectivity index (χ0n) is 5.87. The fraction of sp³-hybridized carbons (Fsp3) is 0.667. The lowest BCUT2D eigenvalue weighted by atomic mass is 10.5. The molecular weight excluding hydrogens is 132 g/mol. The molecule has 0 aromatic rings.